The van der Waals surface area contributed by atoms with Crippen LogP contribution in [-0.2, 0) is 10.4 Å². The Kier molecular flexibility index (Phi) is 3.35. The van der Waals surface area contributed by atoms with Gasteiger partial charge in [-0.15, -0.1) is 0 Å². The summed E-state index contributed by atoms with van der Waals surface area (Å²) in [6, 6.07) is 18.3. The van der Waals surface area contributed by atoms with Gasteiger partial charge in [-0.3, -0.25) is 0 Å². The number of carbonyl (C=O) groups is 1. The first-order chi connectivity index (χ1) is 10.5. The molecule has 0 aliphatic heterocycles. The van der Waals surface area contributed by atoms with Gasteiger partial charge in [-0.25, -0.2) is 4.79 Å². The molecule has 2 aromatic rings. The molecule has 0 radical (unpaired) electrons. The summed E-state index contributed by atoms with van der Waals surface area (Å²) in [6.45, 7) is 0. The lowest BCUT2D eigenvalue weighted by atomic mass is 9.82. The van der Waals surface area contributed by atoms with E-state index in [2.05, 4.69) is 0 Å². The van der Waals surface area contributed by atoms with Crippen LogP contribution in [0.25, 0.3) is 5.57 Å². The molecule has 0 unspecified atom stereocenters. The standard InChI is InChI=1S/C18H17NO3/c19-17(16(20)21)11-15(13-7-3-1-4-8-13)18(22,12-17)14-9-5-2-6-10-14/h1-11,22H,12,19H2,(H,20,21)/t17-,18-/m1/s1. The van der Waals surface area contributed by atoms with Crippen LogP contribution in [-0.4, -0.2) is 21.7 Å². The maximum absolute atomic E-state index is 11.5. The Morgan fingerprint density at radius 2 is 1.55 bits per heavy atom. The van der Waals surface area contributed by atoms with Crippen LogP contribution in [0.1, 0.15) is 17.5 Å². The first kappa shape index (κ1) is 14.5. The van der Waals surface area contributed by atoms with Crippen molar-refractivity contribution in [3.8, 4) is 0 Å². The molecule has 0 saturated carbocycles. The number of aliphatic hydroxyl groups is 1. The molecule has 4 nitrogen and oxygen atoms in total. The smallest absolute Gasteiger partial charge is 0.327 e. The minimum atomic E-state index is -1.59. The number of hydrogen-bond acceptors (Lipinski definition) is 3. The molecule has 0 saturated heterocycles. The van der Waals surface area contributed by atoms with E-state index in [0.29, 0.717) is 11.1 Å². The fourth-order valence-electron chi connectivity index (χ4n) is 3.00. The Bertz CT molecular complexity index is 727. The molecule has 0 spiro atoms. The normalized spacial score (nSPS) is 27.5. The second-order valence-electron chi connectivity index (χ2n) is 5.67. The monoisotopic (exact) mass is 295 g/mol. The Morgan fingerprint density at radius 1 is 1.00 bits per heavy atom. The molecule has 4 N–H and O–H groups in total. The molecule has 2 atom stereocenters. The lowest BCUT2D eigenvalue weighted by molar-refractivity contribution is -0.142. The summed E-state index contributed by atoms with van der Waals surface area (Å²) in [5.74, 6) is -1.15. The van der Waals surface area contributed by atoms with Crippen molar-refractivity contribution >= 4 is 11.5 Å². The second kappa shape index (κ2) is 5.09. The number of nitrogens with two attached hydrogens (primary N) is 1. The average Bonchev–Trinajstić information content (AvgIpc) is 2.83. The van der Waals surface area contributed by atoms with E-state index in [9.17, 15) is 15.0 Å². The minimum absolute atomic E-state index is 0.0937. The van der Waals surface area contributed by atoms with Crippen LogP contribution >= 0.6 is 0 Å². The summed E-state index contributed by atoms with van der Waals surface area (Å²) in [7, 11) is 0. The summed E-state index contributed by atoms with van der Waals surface area (Å²) < 4.78 is 0. The SMILES string of the molecule is N[C@]1(C(=O)O)C=C(c2ccccc2)[C@](O)(c2ccccc2)C1. The zero-order chi connectivity index (χ0) is 15.8. The number of hydrogen-bond donors (Lipinski definition) is 3. The molecule has 1 aliphatic carbocycles. The highest BCUT2D eigenvalue weighted by molar-refractivity contribution is 5.90. The zero-order valence-corrected chi connectivity index (χ0v) is 11.9. The van der Waals surface area contributed by atoms with Gasteiger partial charge in [0.05, 0.1) is 0 Å². The zero-order valence-electron chi connectivity index (χ0n) is 11.9. The quantitative estimate of drug-likeness (QED) is 0.810. The van der Waals surface area contributed by atoms with Gasteiger partial charge in [0, 0.05) is 6.42 Å². The molecule has 2 aromatic carbocycles. The van der Waals surface area contributed by atoms with Gasteiger partial charge in [0.25, 0.3) is 0 Å². The fourth-order valence-corrected chi connectivity index (χ4v) is 3.00. The van der Waals surface area contributed by atoms with Gasteiger partial charge in [-0.05, 0) is 22.8 Å². The van der Waals surface area contributed by atoms with E-state index in [1.807, 2.05) is 48.5 Å². The van der Waals surface area contributed by atoms with E-state index in [1.54, 1.807) is 12.1 Å². The molecule has 1 aliphatic rings. The van der Waals surface area contributed by atoms with Crippen molar-refractivity contribution in [3.05, 3.63) is 77.9 Å². The molecule has 0 aromatic heterocycles. The van der Waals surface area contributed by atoms with E-state index in [-0.39, 0.29) is 6.42 Å². The predicted octanol–water partition coefficient (Wildman–Crippen LogP) is 2.14. The van der Waals surface area contributed by atoms with Gasteiger partial charge in [-0.2, -0.15) is 0 Å². The highest BCUT2D eigenvalue weighted by atomic mass is 16.4. The number of rotatable bonds is 3. The maximum atomic E-state index is 11.5. The van der Waals surface area contributed by atoms with Crippen LogP contribution in [0.4, 0.5) is 0 Å². The number of benzene rings is 2. The summed E-state index contributed by atoms with van der Waals surface area (Å²) in [5.41, 5.74) is 4.93. The maximum Gasteiger partial charge on any atom is 0.327 e. The van der Waals surface area contributed by atoms with E-state index >= 15 is 0 Å². The first-order valence-corrected chi connectivity index (χ1v) is 7.05. The van der Waals surface area contributed by atoms with Gasteiger partial charge >= 0.3 is 5.97 Å². The lowest BCUT2D eigenvalue weighted by Crippen LogP contribution is -2.47. The molecule has 0 amide bonds. The molecule has 0 fully saturated rings. The van der Waals surface area contributed by atoms with Crippen LogP contribution in [0.3, 0.4) is 0 Å². The van der Waals surface area contributed by atoms with Crippen LogP contribution in [0.5, 0.6) is 0 Å². The largest absolute Gasteiger partial charge is 0.480 e. The van der Waals surface area contributed by atoms with Crippen LogP contribution in [0.15, 0.2) is 66.7 Å². The van der Waals surface area contributed by atoms with Gasteiger partial charge in [0.1, 0.15) is 11.1 Å². The third kappa shape index (κ3) is 2.22. The number of aliphatic carboxylic acids is 1. The van der Waals surface area contributed by atoms with Crippen molar-refractivity contribution in [2.75, 3.05) is 0 Å². The summed E-state index contributed by atoms with van der Waals surface area (Å²) >= 11 is 0. The van der Waals surface area contributed by atoms with E-state index < -0.39 is 17.1 Å². The highest BCUT2D eigenvalue weighted by Crippen LogP contribution is 2.48. The van der Waals surface area contributed by atoms with Crippen molar-refractivity contribution in [2.24, 2.45) is 5.73 Å². The van der Waals surface area contributed by atoms with Crippen molar-refractivity contribution in [1.29, 1.82) is 0 Å². The predicted molar refractivity (Wildman–Crippen MR) is 83.9 cm³/mol. The van der Waals surface area contributed by atoms with Gasteiger partial charge in [0.15, 0.2) is 0 Å². The topological polar surface area (TPSA) is 83.6 Å². The Hall–Kier alpha value is -2.43. The summed E-state index contributed by atoms with van der Waals surface area (Å²) in [5, 5.41) is 20.7. The molecule has 0 heterocycles. The summed E-state index contributed by atoms with van der Waals surface area (Å²) in [4.78, 5) is 11.5. The third-order valence-corrected chi connectivity index (χ3v) is 4.13. The minimum Gasteiger partial charge on any atom is -0.480 e. The van der Waals surface area contributed by atoms with E-state index in [0.717, 1.165) is 5.56 Å². The molecular weight excluding hydrogens is 278 g/mol. The van der Waals surface area contributed by atoms with E-state index in [4.69, 9.17) is 5.73 Å². The molecule has 0 bridgehead atoms. The van der Waals surface area contributed by atoms with Crippen molar-refractivity contribution in [2.45, 2.75) is 17.6 Å². The van der Waals surface area contributed by atoms with Crippen molar-refractivity contribution in [1.82, 2.24) is 0 Å². The van der Waals surface area contributed by atoms with Crippen LogP contribution < -0.4 is 5.73 Å². The Balaban J connectivity index is 2.18. The van der Waals surface area contributed by atoms with Crippen molar-refractivity contribution in [3.63, 3.8) is 0 Å². The molecular formula is C18H17NO3. The summed E-state index contributed by atoms with van der Waals surface area (Å²) in [6.07, 6.45) is 1.38. The first-order valence-electron chi connectivity index (χ1n) is 7.05. The Labute approximate surface area is 128 Å². The second-order valence-corrected chi connectivity index (χ2v) is 5.67. The highest BCUT2D eigenvalue weighted by Gasteiger charge is 2.51. The third-order valence-electron chi connectivity index (χ3n) is 4.13. The van der Waals surface area contributed by atoms with E-state index in [1.165, 1.54) is 6.08 Å². The van der Waals surface area contributed by atoms with Crippen LogP contribution in [0.2, 0.25) is 0 Å². The van der Waals surface area contributed by atoms with Crippen LogP contribution in [0, 0.1) is 0 Å². The molecule has 3 rings (SSSR count). The molecule has 4 heteroatoms. The Morgan fingerprint density at radius 3 is 2.09 bits per heavy atom. The van der Waals surface area contributed by atoms with Gasteiger partial charge in [0.2, 0.25) is 0 Å². The number of carboxylic acids is 1. The van der Waals surface area contributed by atoms with Gasteiger partial charge < -0.3 is 15.9 Å². The molecule has 112 valence electrons. The van der Waals surface area contributed by atoms with Crippen molar-refractivity contribution < 1.29 is 15.0 Å². The lowest BCUT2D eigenvalue weighted by Gasteiger charge is -2.29. The fraction of sp³-hybridized carbons (Fsp3) is 0.167. The van der Waals surface area contributed by atoms with Gasteiger partial charge in [-0.1, -0.05) is 60.7 Å². The number of carboxylic acid groups (broad SMARTS) is 1. The molecule has 22 heavy (non-hydrogen) atoms. The average molecular weight is 295 g/mol.